The Balaban J connectivity index is 1.66. The first-order valence-corrected chi connectivity index (χ1v) is 9.33. The number of ether oxygens (including phenoxy) is 1. The SMILES string of the molecule is COc1ccc(CN2C(=O)c3cccnc3[C@@H]2Nc2cccc(C(C)=O)c2)cc1. The molecule has 1 N–H and O–H groups in total. The fourth-order valence-electron chi connectivity index (χ4n) is 3.46. The lowest BCUT2D eigenvalue weighted by Crippen LogP contribution is -2.32. The number of carbonyl (C=O) groups is 2. The molecule has 0 saturated carbocycles. The molecule has 2 aromatic carbocycles. The molecule has 0 unspecified atom stereocenters. The number of nitrogens with one attached hydrogen (secondary N) is 1. The van der Waals surface area contributed by atoms with E-state index in [1.807, 2.05) is 36.4 Å². The number of benzene rings is 2. The van der Waals surface area contributed by atoms with Crippen LogP contribution in [0.15, 0.2) is 66.9 Å². The van der Waals surface area contributed by atoms with Gasteiger partial charge in [-0.3, -0.25) is 14.6 Å². The lowest BCUT2D eigenvalue weighted by atomic mass is 10.1. The largest absolute Gasteiger partial charge is 0.497 e. The van der Waals surface area contributed by atoms with Gasteiger partial charge >= 0.3 is 0 Å². The van der Waals surface area contributed by atoms with E-state index in [4.69, 9.17) is 4.74 Å². The van der Waals surface area contributed by atoms with Gasteiger partial charge in [0, 0.05) is 24.0 Å². The Kier molecular flexibility index (Phi) is 4.99. The Bertz CT molecular complexity index is 1060. The van der Waals surface area contributed by atoms with E-state index in [1.165, 1.54) is 6.92 Å². The number of methoxy groups -OCH3 is 1. The summed E-state index contributed by atoms with van der Waals surface area (Å²) in [4.78, 5) is 31.0. The number of hydrogen-bond donors (Lipinski definition) is 1. The van der Waals surface area contributed by atoms with E-state index in [9.17, 15) is 9.59 Å². The van der Waals surface area contributed by atoms with Gasteiger partial charge in [-0.15, -0.1) is 0 Å². The molecule has 0 aliphatic carbocycles. The zero-order valence-electron chi connectivity index (χ0n) is 16.3. The van der Waals surface area contributed by atoms with Crippen molar-refractivity contribution >= 4 is 17.4 Å². The van der Waals surface area contributed by atoms with Crippen LogP contribution in [0.5, 0.6) is 5.75 Å². The number of hydrogen-bond acceptors (Lipinski definition) is 5. The molecule has 0 spiro atoms. The second-order valence-corrected chi connectivity index (χ2v) is 6.90. The first-order valence-electron chi connectivity index (χ1n) is 9.33. The molecule has 0 saturated heterocycles. The molecule has 1 aliphatic heterocycles. The number of fused-ring (bicyclic) bond motifs is 1. The minimum Gasteiger partial charge on any atom is -0.497 e. The van der Waals surface area contributed by atoms with Gasteiger partial charge in [-0.2, -0.15) is 0 Å². The summed E-state index contributed by atoms with van der Waals surface area (Å²) in [5.74, 6) is 0.677. The van der Waals surface area contributed by atoms with Gasteiger partial charge < -0.3 is 15.0 Å². The monoisotopic (exact) mass is 387 g/mol. The van der Waals surface area contributed by atoms with Crippen LogP contribution < -0.4 is 10.1 Å². The molecule has 6 nitrogen and oxygen atoms in total. The van der Waals surface area contributed by atoms with Crippen molar-refractivity contribution in [3.8, 4) is 5.75 Å². The van der Waals surface area contributed by atoms with E-state index in [1.54, 1.807) is 42.5 Å². The van der Waals surface area contributed by atoms with Gasteiger partial charge in [0.1, 0.15) is 11.9 Å². The highest BCUT2D eigenvalue weighted by molar-refractivity contribution is 5.99. The Hall–Kier alpha value is -3.67. The highest BCUT2D eigenvalue weighted by atomic mass is 16.5. The van der Waals surface area contributed by atoms with Crippen molar-refractivity contribution in [1.29, 1.82) is 0 Å². The molecular weight excluding hydrogens is 366 g/mol. The second-order valence-electron chi connectivity index (χ2n) is 6.90. The summed E-state index contributed by atoms with van der Waals surface area (Å²) >= 11 is 0. The van der Waals surface area contributed by atoms with Gasteiger partial charge in [-0.1, -0.05) is 24.3 Å². The van der Waals surface area contributed by atoms with Crippen molar-refractivity contribution in [1.82, 2.24) is 9.88 Å². The maximum Gasteiger partial charge on any atom is 0.258 e. The summed E-state index contributed by atoms with van der Waals surface area (Å²) in [5.41, 5.74) is 3.62. The third kappa shape index (κ3) is 3.69. The van der Waals surface area contributed by atoms with E-state index >= 15 is 0 Å². The average molecular weight is 387 g/mol. The normalized spacial score (nSPS) is 15.2. The predicted molar refractivity (Wildman–Crippen MR) is 110 cm³/mol. The van der Waals surface area contributed by atoms with Crippen LogP contribution in [0.3, 0.4) is 0 Å². The van der Waals surface area contributed by atoms with Crippen molar-refractivity contribution in [3.05, 3.63) is 89.2 Å². The van der Waals surface area contributed by atoms with Crippen LogP contribution in [0.4, 0.5) is 5.69 Å². The van der Waals surface area contributed by atoms with Gasteiger partial charge in [0.05, 0.1) is 18.4 Å². The molecule has 3 aromatic rings. The third-order valence-electron chi connectivity index (χ3n) is 4.98. The van der Waals surface area contributed by atoms with E-state index in [0.29, 0.717) is 23.4 Å². The third-order valence-corrected chi connectivity index (χ3v) is 4.98. The fraction of sp³-hybridized carbons (Fsp3) is 0.174. The van der Waals surface area contributed by atoms with Crippen molar-refractivity contribution in [3.63, 3.8) is 0 Å². The molecule has 1 aromatic heterocycles. The molecule has 1 amide bonds. The smallest absolute Gasteiger partial charge is 0.258 e. The van der Waals surface area contributed by atoms with Gasteiger partial charge in [-0.25, -0.2) is 0 Å². The number of amides is 1. The minimum atomic E-state index is -0.428. The van der Waals surface area contributed by atoms with Gasteiger partial charge in [0.2, 0.25) is 0 Å². The van der Waals surface area contributed by atoms with Crippen molar-refractivity contribution in [2.24, 2.45) is 0 Å². The van der Waals surface area contributed by atoms with Gasteiger partial charge in [-0.05, 0) is 48.9 Å². The predicted octanol–water partition coefficient (Wildman–Crippen LogP) is 4.06. The number of ketones is 1. The van der Waals surface area contributed by atoms with Gasteiger partial charge in [0.15, 0.2) is 5.78 Å². The number of anilines is 1. The Labute approximate surface area is 169 Å². The van der Waals surface area contributed by atoms with Crippen LogP contribution >= 0.6 is 0 Å². The van der Waals surface area contributed by atoms with Crippen molar-refractivity contribution in [2.45, 2.75) is 19.6 Å². The lowest BCUT2D eigenvalue weighted by molar-refractivity contribution is 0.0727. The zero-order valence-corrected chi connectivity index (χ0v) is 16.3. The molecule has 0 radical (unpaired) electrons. The average Bonchev–Trinajstić information content (AvgIpc) is 3.00. The highest BCUT2D eigenvalue weighted by Gasteiger charge is 2.37. The molecule has 6 heteroatoms. The number of pyridine rings is 1. The van der Waals surface area contributed by atoms with Crippen LogP contribution in [-0.4, -0.2) is 28.7 Å². The van der Waals surface area contributed by atoms with Crippen molar-refractivity contribution in [2.75, 3.05) is 12.4 Å². The topological polar surface area (TPSA) is 71.5 Å². The first-order chi connectivity index (χ1) is 14.1. The molecule has 146 valence electrons. The number of aromatic nitrogens is 1. The summed E-state index contributed by atoms with van der Waals surface area (Å²) < 4.78 is 5.21. The van der Waals surface area contributed by atoms with Crippen LogP contribution in [0, 0.1) is 0 Å². The summed E-state index contributed by atoms with van der Waals surface area (Å²) in [6.07, 6.45) is 1.26. The molecule has 0 fully saturated rings. The van der Waals surface area contributed by atoms with Crippen LogP contribution in [0.1, 0.15) is 45.1 Å². The van der Waals surface area contributed by atoms with E-state index < -0.39 is 6.17 Å². The van der Waals surface area contributed by atoms with Crippen LogP contribution in [0.25, 0.3) is 0 Å². The standard InChI is InChI=1S/C23H21N3O3/c1-15(27)17-5-3-6-18(13-17)25-22-21-20(7-4-12-24-21)23(28)26(22)14-16-8-10-19(29-2)11-9-16/h3-13,22,25H,14H2,1-2H3/t22-/m1/s1. The first kappa shape index (κ1) is 18.7. The second kappa shape index (κ2) is 7.75. The maximum absolute atomic E-state index is 13.1. The summed E-state index contributed by atoms with van der Waals surface area (Å²) in [6.45, 7) is 1.95. The molecule has 1 aliphatic rings. The Morgan fingerprint density at radius 2 is 1.93 bits per heavy atom. The number of rotatable bonds is 6. The fourth-order valence-corrected chi connectivity index (χ4v) is 3.46. The highest BCUT2D eigenvalue weighted by Crippen LogP contribution is 2.34. The maximum atomic E-state index is 13.1. The summed E-state index contributed by atoms with van der Waals surface area (Å²) in [6, 6.07) is 18.5. The molecule has 0 bridgehead atoms. The zero-order chi connectivity index (χ0) is 20.4. The summed E-state index contributed by atoms with van der Waals surface area (Å²) in [7, 11) is 1.62. The van der Waals surface area contributed by atoms with Crippen molar-refractivity contribution < 1.29 is 14.3 Å². The Morgan fingerprint density at radius 1 is 1.14 bits per heavy atom. The molecule has 29 heavy (non-hydrogen) atoms. The quantitative estimate of drug-likeness (QED) is 0.646. The number of carbonyl (C=O) groups excluding carboxylic acids is 2. The number of Topliss-reactive ketones (excluding diaryl/α,β-unsaturated/α-hetero) is 1. The van der Waals surface area contributed by atoms with Crippen LogP contribution in [0.2, 0.25) is 0 Å². The van der Waals surface area contributed by atoms with Gasteiger partial charge in [0.25, 0.3) is 5.91 Å². The lowest BCUT2D eigenvalue weighted by Gasteiger charge is -2.27. The minimum absolute atomic E-state index is 0.00948. The van der Waals surface area contributed by atoms with E-state index in [0.717, 1.165) is 17.0 Å². The summed E-state index contributed by atoms with van der Waals surface area (Å²) in [5, 5.41) is 3.38. The van der Waals surface area contributed by atoms with E-state index in [-0.39, 0.29) is 11.7 Å². The van der Waals surface area contributed by atoms with Crippen LogP contribution in [-0.2, 0) is 6.54 Å². The Morgan fingerprint density at radius 3 is 2.66 bits per heavy atom. The molecule has 2 heterocycles. The number of nitrogens with zero attached hydrogens (tertiary/aromatic N) is 2. The van der Waals surface area contributed by atoms with E-state index in [2.05, 4.69) is 10.3 Å². The molecule has 1 atom stereocenters. The molecular formula is C23H21N3O3. The molecule has 4 rings (SSSR count).